The topological polar surface area (TPSA) is 75.1 Å². The minimum absolute atomic E-state index is 0.00615. The Balaban J connectivity index is 1.59. The summed E-state index contributed by atoms with van der Waals surface area (Å²) in [7, 11) is 0. The zero-order valence-electron chi connectivity index (χ0n) is 22.1. The van der Waals surface area contributed by atoms with Crippen molar-refractivity contribution in [3.63, 3.8) is 0 Å². The lowest BCUT2D eigenvalue weighted by molar-refractivity contribution is -0.115. The van der Waals surface area contributed by atoms with Crippen LogP contribution in [-0.4, -0.2) is 25.6 Å². The van der Waals surface area contributed by atoms with E-state index in [1.165, 1.54) is 17.0 Å². The van der Waals surface area contributed by atoms with Crippen LogP contribution in [0.3, 0.4) is 0 Å². The summed E-state index contributed by atoms with van der Waals surface area (Å²) in [5.41, 5.74) is 8.39. The highest BCUT2D eigenvalue weighted by molar-refractivity contribution is 7.80. The fourth-order valence-corrected chi connectivity index (χ4v) is 5.52. The molecule has 0 spiro atoms. The van der Waals surface area contributed by atoms with Crippen LogP contribution in [-0.2, 0) is 11.3 Å². The maximum atomic E-state index is 12.0. The molecule has 4 aromatic rings. The van der Waals surface area contributed by atoms with Crippen LogP contribution in [0.4, 0.5) is 11.4 Å². The summed E-state index contributed by atoms with van der Waals surface area (Å²) in [6, 6.07) is 18.1. The van der Waals surface area contributed by atoms with Crippen molar-refractivity contribution in [3.8, 4) is 0 Å². The monoisotopic (exact) mass is 524 g/mol. The SMILES string of the molecule is CCC(=O)Nc1ccc(N2C(=S)N[C@H](c3ccccn3)[C@@H]2c2cc(C)n(Cc3cccnc3)c2C)cc1C. The van der Waals surface area contributed by atoms with Crippen molar-refractivity contribution in [2.24, 2.45) is 0 Å². The fourth-order valence-electron chi connectivity index (χ4n) is 5.17. The molecule has 38 heavy (non-hydrogen) atoms. The second kappa shape index (κ2) is 10.8. The number of benzene rings is 1. The molecule has 2 atom stereocenters. The van der Waals surface area contributed by atoms with Crippen molar-refractivity contribution in [3.05, 3.63) is 107 Å². The normalized spacial score (nSPS) is 16.9. The van der Waals surface area contributed by atoms with Gasteiger partial charge in [-0.05, 0) is 92.1 Å². The number of thiocarbonyl (C=S) groups is 1. The lowest BCUT2D eigenvalue weighted by Crippen LogP contribution is -2.29. The molecular formula is C30H32N6OS. The van der Waals surface area contributed by atoms with E-state index in [-0.39, 0.29) is 18.0 Å². The van der Waals surface area contributed by atoms with E-state index in [0.717, 1.165) is 34.7 Å². The molecule has 5 rings (SSSR count). The third kappa shape index (κ3) is 4.91. The molecule has 194 valence electrons. The van der Waals surface area contributed by atoms with Gasteiger partial charge in [0.2, 0.25) is 5.91 Å². The highest BCUT2D eigenvalue weighted by Crippen LogP contribution is 2.44. The molecule has 1 aliphatic rings. The van der Waals surface area contributed by atoms with E-state index in [4.69, 9.17) is 12.2 Å². The number of amides is 1. The number of aryl methyl sites for hydroxylation is 2. The molecule has 1 aliphatic heterocycles. The number of carbonyl (C=O) groups excluding carboxylic acids is 1. The van der Waals surface area contributed by atoms with Crippen LogP contribution in [0.5, 0.6) is 0 Å². The maximum absolute atomic E-state index is 12.0. The Hall–Kier alpha value is -4.04. The Bertz CT molecular complexity index is 1470. The van der Waals surface area contributed by atoms with Crippen LogP contribution >= 0.6 is 12.2 Å². The molecule has 1 aromatic carbocycles. The first kappa shape index (κ1) is 25.6. The Morgan fingerprint density at radius 2 is 1.92 bits per heavy atom. The van der Waals surface area contributed by atoms with Gasteiger partial charge in [-0.15, -0.1) is 0 Å². The van der Waals surface area contributed by atoms with Crippen molar-refractivity contribution in [1.29, 1.82) is 0 Å². The van der Waals surface area contributed by atoms with Crippen molar-refractivity contribution in [1.82, 2.24) is 19.9 Å². The highest BCUT2D eigenvalue weighted by atomic mass is 32.1. The number of hydrogen-bond donors (Lipinski definition) is 2. The molecule has 0 bridgehead atoms. The summed E-state index contributed by atoms with van der Waals surface area (Å²) in [6.07, 6.45) is 5.96. The minimum atomic E-state index is -0.129. The standard InChI is InChI=1S/C30H32N6OS/c1-5-27(37)33-25-12-11-23(15-19(25)2)36-29(28(34-30(36)38)26-10-6-7-14-32-26)24-16-20(3)35(21(24)4)18-22-9-8-13-31-17-22/h6-17,28-29H,5,18H2,1-4H3,(H,33,37)(H,34,38)/t28-,29+/m1/s1. The molecule has 0 aliphatic carbocycles. The second-order valence-corrected chi connectivity index (χ2v) is 10.1. The van der Waals surface area contributed by atoms with Gasteiger partial charge in [-0.2, -0.15) is 0 Å². The van der Waals surface area contributed by atoms with Crippen molar-refractivity contribution >= 4 is 34.6 Å². The van der Waals surface area contributed by atoms with E-state index in [0.29, 0.717) is 11.5 Å². The maximum Gasteiger partial charge on any atom is 0.224 e. The summed E-state index contributed by atoms with van der Waals surface area (Å²) in [5.74, 6) is -0.00615. The van der Waals surface area contributed by atoms with Gasteiger partial charge in [-0.3, -0.25) is 14.8 Å². The molecule has 1 fully saturated rings. The number of rotatable bonds is 7. The van der Waals surface area contributed by atoms with Gasteiger partial charge in [0.15, 0.2) is 5.11 Å². The molecule has 0 saturated carbocycles. The molecule has 0 unspecified atom stereocenters. The molecule has 3 aromatic heterocycles. The number of anilines is 2. The van der Waals surface area contributed by atoms with E-state index < -0.39 is 0 Å². The molecule has 4 heterocycles. The van der Waals surface area contributed by atoms with Gasteiger partial charge in [0, 0.05) is 54.3 Å². The summed E-state index contributed by atoms with van der Waals surface area (Å²) in [5, 5.41) is 7.19. The van der Waals surface area contributed by atoms with Gasteiger partial charge in [0.1, 0.15) is 0 Å². The van der Waals surface area contributed by atoms with Gasteiger partial charge in [-0.25, -0.2) is 0 Å². The average Bonchev–Trinajstić information content (AvgIpc) is 3.41. The van der Waals surface area contributed by atoms with Gasteiger partial charge >= 0.3 is 0 Å². The van der Waals surface area contributed by atoms with E-state index in [9.17, 15) is 4.79 Å². The molecule has 8 heteroatoms. The van der Waals surface area contributed by atoms with Crippen LogP contribution in [0, 0.1) is 20.8 Å². The molecular weight excluding hydrogens is 492 g/mol. The molecule has 0 radical (unpaired) electrons. The predicted octanol–water partition coefficient (Wildman–Crippen LogP) is 5.78. The van der Waals surface area contributed by atoms with Gasteiger partial charge in [-0.1, -0.05) is 19.1 Å². The molecule has 2 N–H and O–H groups in total. The molecule has 1 saturated heterocycles. The Labute approximate surface area is 228 Å². The molecule has 7 nitrogen and oxygen atoms in total. The Morgan fingerprint density at radius 3 is 2.61 bits per heavy atom. The number of hydrogen-bond acceptors (Lipinski definition) is 4. The number of aromatic nitrogens is 3. The zero-order chi connectivity index (χ0) is 26.8. The quantitative estimate of drug-likeness (QED) is 0.299. The number of carbonyl (C=O) groups is 1. The summed E-state index contributed by atoms with van der Waals surface area (Å²) >= 11 is 5.93. The highest BCUT2D eigenvalue weighted by Gasteiger charge is 2.42. The van der Waals surface area contributed by atoms with Crippen molar-refractivity contribution < 1.29 is 4.79 Å². The first-order chi connectivity index (χ1) is 18.4. The van der Waals surface area contributed by atoms with E-state index >= 15 is 0 Å². The minimum Gasteiger partial charge on any atom is -0.351 e. The number of pyridine rings is 2. The van der Waals surface area contributed by atoms with Crippen LogP contribution in [0.1, 0.15) is 59.2 Å². The summed E-state index contributed by atoms with van der Waals surface area (Å²) in [4.78, 5) is 23.2. The largest absolute Gasteiger partial charge is 0.351 e. The van der Waals surface area contributed by atoms with Gasteiger partial charge < -0.3 is 20.1 Å². The Kier molecular flexibility index (Phi) is 7.24. The van der Waals surface area contributed by atoms with E-state index in [1.807, 2.05) is 62.6 Å². The van der Waals surface area contributed by atoms with Crippen LogP contribution in [0.15, 0.2) is 73.2 Å². The van der Waals surface area contributed by atoms with Crippen LogP contribution < -0.4 is 15.5 Å². The third-order valence-corrected chi connectivity index (χ3v) is 7.49. The summed E-state index contributed by atoms with van der Waals surface area (Å²) < 4.78 is 2.33. The second-order valence-electron chi connectivity index (χ2n) is 9.67. The Morgan fingerprint density at radius 1 is 1.08 bits per heavy atom. The van der Waals surface area contributed by atoms with E-state index in [1.54, 1.807) is 6.20 Å². The smallest absolute Gasteiger partial charge is 0.224 e. The van der Waals surface area contributed by atoms with Gasteiger partial charge in [0.25, 0.3) is 0 Å². The van der Waals surface area contributed by atoms with Crippen LogP contribution in [0.25, 0.3) is 0 Å². The number of nitrogens with zero attached hydrogens (tertiary/aromatic N) is 4. The summed E-state index contributed by atoms with van der Waals surface area (Å²) in [6.45, 7) is 8.91. The first-order valence-electron chi connectivity index (χ1n) is 12.8. The van der Waals surface area contributed by atoms with Gasteiger partial charge in [0.05, 0.1) is 17.8 Å². The lowest BCUT2D eigenvalue weighted by Gasteiger charge is -2.29. The van der Waals surface area contributed by atoms with Crippen molar-refractivity contribution in [2.45, 2.75) is 52.7 Å². The predicted molar refractivity (Wildman–Crippen MR) is 155 cm³/mol. The molecule has 1 amide bonds. The third-order valence-electron chi connectivity index (χ3n) is 7.18. The first-order valence-corrected chi connectivity index (χ1v) is 13.2. The lowest BCUT2D eigenvalue weighted by atomic mass is 9.96. The van der Waals surface area contributed by atoms with E-state index in [2.05, 4.69) is 62.1 Å². The zero-order valence-corrected chi connectivity index (χ0v) is 22.9. The number of nitrogens with one attached hydrogen (secondary N) is 2. The fraction of sp³-hybridized carbons (Fsp3) is 0.267. The van der Waals surface area contributed by atoms with Crippen molar-refractivity contribution in [2.75, 3.05) is 10.2 Å². The average molecular weight is 525 g/mol. The van der Waals surface area contributed by atoms with Crippen LogP contribution in [0.2, 0.25) is 0 Å².